The van der Waals surface area contributed by atoms with E-state index in [1.807, 2.05) is 0 Å². The van der Waals surface area contributed by atoms with E-state index in [1.165, 1.54) is 0 Å². The van der Waals surface area contributed by atoms with Gasteiger partial charge >= 0.3 is 30.4 Å². The highest BCUT2D eigenvalue weighted by molar-refractivity contribution is 5.39. The lowest BCUT2D eigenvalue weighted by Crippen LogP contribution is -2.64. The van der Waals surface area contributed by atoms with Crippen molar-refractivity contribution in [1.82, 2.24) is 0 Å². The second-order valence-electron chi connectivity index (χ2n) is 4.80. The van der Waals surface area contributed by atoms with Crippen LogP contribution in [0.15, 0.2) is 11.3 Å². The SMILES string of the molecule is CCOC(=C(C(F)(C(F)F)C(F)(F)F)C(F)(C(F)(F)F)C(F)(F)F)C(F)(F)F. The summed E-state index contributed by atoms with van der Waals surface area (Å²) in [5, 5.41) is 0. The molecule has 0 N–H and O–H groups in total. The maximum absolute atomic E-state index is 14.0. The first-order valence-electron chi connectivity index (χ1n) is 6.32. The first kappa shape index (κ1) is 26.4. The molecule has 0 bridgehead atoms. The van der Waals surface area contributed by atoms with E-state index < -0.39 is 60.4 Å². The molecule has 0 radical (unpaired) electrons. The number of alkyl halides is 16. The van der Waals surface area contributed by atoms with Gasteiger partial charge in [0.1, 0.15) is 0 Å². The lowest BCUT2D eigenvalue weighted by molar-refractivity contribution is -0.344. The van der Waals surface area contributed by atoms with Crippen LogP contribution in [0.4, 0.5) is 70.2 Å². The summed E-state index contributed by atoms with van der Waals surface area (Å²) in [5.41, 5.74) is -20.3. The summed E-state index contributed by atoms with van der Waals surface area (Å²) < 4.78 is 209. The number of ether oxygens (including phenoxy) is 1. The summed E-state index contributed by atoms with van der Waals surface area (Å²) in [6, 6.07) is 0. The van der Waals surface area contributed by atoms with Gasteiger partial charge in [-0.1, -0.05) is 0 Å². The average Bonchev–Trinajstić information content (AvgIpc) is 2.40. The Morgan fingerprint density at radius 3 is 1.21 bits per heavy atom. The molecule has 1 atom stereocenters. The average molecular weight is 458 g/mol. The molecule has 0 saturated heterocycles. The molecule has 0 spiro atoms. The molecule has 1 unspecified atom stereocenters. The molecule has 1 nitrogen and oxygen atoms in total. The van der Waals surface area contributed by atoms with E-state index in [9.17, 15) is 70.2 Å². The Kier molecular flexibility index (Phi) is 6.93. The Hall–Kier alpha value is -1.58. The minimum Gasteiger partial charge on any atom is -0.489 e. The fraction of sp³-hybridized carbons (Fsp3) is 0.818. The van der Waals surface area contributed by atoms with Gasteiger partial charge in [-0.15, -0.1) is 0 Å². The second-order valence-corrected chi connectivity index (χ2v) is 4.80. The molecule has 0 aromatic heterocycles. The van der Waals surface area contributed by atoms with Crippen molar-refractivity contribution in [3.05, 3.63) is 11.3 Å². The summed E-state index contributed by atoms with van der Waals surface area (Å²) >= 11 is 0. The van der Waals surface area contributed by atoms with Crippen molar-refractivity contribution >= 4 is 0 Å². The topological polar surface area (TPSA) is 9.23 Å². The highest BCUT2D eigenvalue weighted by Crippen LogP contribution is 2.60. The molecule has 17 heteroatoms. The molecule has 0 aliphatic rings. The maximum atomic E-state index is 14.0. The van der Waals surface area contributed by atoms with Crippen molar-refractivity contribution in [3.8, 4) is 0 Å². The van der Waals surface area contributed by atoms with Gasteiger partial charge in [0.25, 0.3) is 12.1 Å². The minimum atomic E-state index is -7.85. The maximum Gasteiger partial charge on any atom is 0.449 e. The lowest BCUT2D eigenvalue weighted by Gasteiger charge is -2.40. The third kappa shape index (κ3) is 4.21. The summed E-state index contributed by atoms with van der Waals surface area (Å²) in [6.07, 6.45) is -36.0. The van der Waals surface area contributed by atoms with E-state index in [4.69, 9.17) is 0 Å². The Morgan fingerprint density at radius 1 is 0.679 bits per heavy atom. The predicted molar refractivity (Wildman–Crippen MR) is 56.6 cm³/mol. The van der Waals surface area contributed by atoms with Crippen LogP contribution in [0.2, 0.25) is 0 Å². The van der Waals surface area contributed by atoms with Crippen molar-refractivity contribution in [3.63, 3.8) is 0 Å². The number of rotatable bonds is 5. The van der Waals surface area contributed by atoms with Crippen LogP contribution in [0.25, 0.3) is 0 Å². The van der Waals surface area contributed by atoms with Crippen molar-refractivity contribution in [1.29, 1.82) is 0 Å². The fourth-order valence-electron chi connectivity index (χ4n) is 1.83. The molecule has 0 aromatic carbocycles. The van der Waals surface area contributed by atoms with E-state index in [-0.39, 0.29) is 0 Å². The number of hydrogen-bond donors (Lipinski definition) is 0. The third-order valence-corrected chi connectivity index (χ3v) is 2.98. The van der Waals surface area contributed by atoms with Crippen LogP contribution in [0, 0.1) is 0 Å². The zero-order chi connectivity index (χ0) is 23.1. The first-order valence-corrected chi connectivity index (χ1v) is 6.32. The summed E-state index contributed by atoms with van der Waals surface area (Å²) in [5.74, 6) is -4.19. The largest absolute Gasteiger partial charge is 0.489 e. The zero-order valence-corrected chi connectivity index (χ0v) is 12.7. The number of halogens is 16. The van der Waals surface area contributed by atoms with Gasteiger partial charge in [0.15, 0.2) is 0 Å². The highest BCUT2D eigenvalue weighted by atomic mass is 19.4. The quantitative estimate of drug-likeness (QED) is 0.352. The van der Waals surface area contributed by atoms with Crippen molar-refractivity contribution in [2.24, 2.45) is 0 Å². The Bertz CT molecular complexity index is 561. The van der Waals surface area contributed by atoms with Crippen molar-refractivity contribution in [2.45, 2.75) is 49.4 Å². The molecule has 0 fully saturated rings. The van der Waals surface area contributed by atoms with Gasteiger partial charge in [-0.05, 0) is 6.92 Å². The zero-order valence-electron chi connectivity index (χ0n) is 12.7. The van der Waals surface area contributed by atoms with Crippen LogP contribution in [0.1, 0.15) is 6.92 Å². The Balaban J connectivity index is 7.89. The summed E-state index contributed by atoms with van der Waals surface area (Å²) in [7, 11) is 0. The highest BCUT2D eigenvalue weighted by Gasteiger charge is 2.84. The van der Waals surface area contributed by atoms with Gasteiger partial charge in [0.2, 0.25) is 5.76 Å². The van der Waals surface area contributed by atoms with Gasteiger partial charge in [-0.2, -0.15) is 52.7 Å². The van der Waals surface area contributed by atoms with Crippen LogP contribution in [0.5, 0.6) is 0 Å². The molecule has 168 valence electrons. The Morgan fingerprint density at radius 2 is 1.04 bits per heavy atom. The van der Waals surface area contributed by atoms with Crippen molar-refractivity contribution < 1.29 is 75.0 Å². The fourth-order valence-corrected chi connectivity index (χ4v) is 1.83. The first-order chi connectivity index (χ1) is 12.0. The summed E-state index contributed by atoms with van der Waals surface area (Å²) in [6.45, 7) is -1.35. The van der Waals surface area contributed by atoms with Gasteiger partial charge in [-0.25, -0.2) is 17.6 Å². The molecule has 0 aromatic rings. The van der Waals surface area contributed by atoms with Crippen LogP contribution >= 0.6 is 0 Å². The van der Waals surface area contributed by atoms with Crippen LogP contribution in [0.3, 0.4) is 0 Å². The van der Waals surface area contributed by atoms with E-state index in [0.29, 0.717) is 6.92 Å². The van der Waals surface area contributed by atoms with Gasteiger partial charge in [-0.3, -0.25) is 0 Å². The van der Waals surface area contributed by atoms with E-state index in [0.717, 1.165) is 0 Å². The van der Waals surface area contributed by atoms with Crippen LogP contribution < -0.4 is 0 Å². The third-order valence-electron chi connectivity index (χ3n) is 2.98. The van der Waals surface area contributed by atoms with E-state index in [2.05, 4.69) is 4.74 Å². The molecule has 0 amide bonds. The summed E-state index contributed by atoms with van der Waals surface area (Å²) in [4.78, 5) is 0. The van der Waals surface area contributed by atoms with Gasteiger partial charge in [0, 0.05) is 0 Å². The molecule has 0 aliphatic carbocycles. The monoisotopic (exact) mass is 458 g/mol. The molecule has 0 heterocycles. The van der Waals surface area contributed by atoms with E-state index >= 15 is 0 Å². The normalized spacial score (nSPS) is 18.1. The van der Waals surface area contributed by atoms with Crippen LogP contribution in [-0.4, -0.2) is 49.1 Å². The van der Waals surface area contributed by atoms with E-state index in [1.54, 1.807) is 0 Å². The molecule has 0 saturated carbocycles. The van der Waals surface area contributed by atoms with Gasteiger partial charge in [0.05, 0.1) is 12.2 Å². The minimum absolute atomic E-state index is 0.348. The lowest BCUT2D eigenvalue weighted by atomic mass is 9.80. The van der Waals surface area contributed by atoms with Crippen molar-refractivity contribution in [2.75, 3.05) is 6.61 Å². The molecule has 0 aliphatic heterocycles. The smallest absolute Gasteiger partial charge is 0.449 e. The molecule has 28 heavy (non-hydrogen) atoms. The molecule has 0 rings (SSSR count). The second kappa shape index (κ2) is 7.35. The van der Waals surface area contributed by atoms with Gasteiger partial charge < -0.3 is 4.74 Å². The number of hydrogen-bond acceptors (Lipinski definition) is 1. The standard InChI is InChI=1S/C11H6F16O/c1-2-28-4(8(16,17)18)3(6(14,5(12)13)9(19,20)21)7(15,10(22,23)24)11(25,26)27/h5H,2H2,1H3. The number of allylic oxidation sites excluding steroid dienone is 2. The molecular weight excluding hydrogens is 452 g/mol. The predicted octanol–water partition coefficient (Wildman–Crippen LogP) is 6.21. The Labute approximate surface area is 143 Å². The van der Waals surface area contributed by atoms with Crippen LogP contribution in [-0.2, 0) is 4.74 Å². The molecular formula is C11H6F16O.